The van der Waals surface area contributed by atoms with Crippen LogP contribution in [0.2, 0.25) is 5.02 Å². The van der Waals surface area contributed by atoms with Gasteiger partial charge in [-0.25, -0.2) is 4.90 Å². The summed E-state index contributed by atoms with van der Waals surface area (Å²) >= 11 is 6.39. The summed E-state index contributed by atoms with van der Waals surface area (Å²) in [4.78, 5) is 42.9. The molecular weight excluding hydrogens is 424 g/mol. The van der Waals surface area contributed by atoms with Gasteiger partial charge in [0.05, 0.1) is 12.1 Å². The maximum absolute atomic E-state index is 13.8. The van der Waals surface area contributed by atoms with Crippen molar-refractivity contribution in [1.82, 2.24) is 4.90 Å². The molecule has 1 aliphatic carbocycles. The number of carbonyl (C=O) groups excluding carboxylic acids is 3. The van der Waals surface area contributed by atoms with Gasteiger partial charge in [0.2, 0.25) is 11.8 Å². The maximum atomic E-state index is 13.8. The molecule has 32 heavy (non-hydrogen) atoms. The number of anilines is 1. The van der Waals surface area contributed by atoms with Crippen LogP contribution in [0, 0.1) is 23.7 Å². The second kappa shape index (κ2) is 7.73. The number of hydrogen-bond acceptors (Lipinski definition) is 3. The van der Waals surface area contributed by atoms with E-state index < -0.39 is 6.04 Å². The van der Waals surface area contributed by atoms with Crippen LogP contribution in [0.5, 0.6) is 0 Å². The quantitative estimate of drug-likeness (QED) is 0.600. The van der Waals surface area contributed by atoms with Gasteiger partial charge >= 0.3 is 0 Å². The second-order valence-corrected chi connectivity index (χ2v) is 10.5. The average Bonchev–Trinajstić information content (AvgIpc) is 2.96. The molecule has 0 N–H and O–H groups in total. The van der Waals surface area contributed by atoms with Gasteiger partial charge in [-0.1, -0.05) is 75.2 Å². The number of amides is 3. The Morgan fingerprint density at radius 2 is 1.62 bits per heavy atom. The first-order chi connectivity index (χ1) is 15.0. The molecule has 1 aliphatic heterocycles. The minimum atomic E-state index is -0.847. The van der Waals surface area contributed by atoms with Crippen LogP contribution in [0.15, 0.2) is 48.5 Å². The van der Waals surface area contributed by atoms with Crippen LogP contribution in [0.4, 0.5) is 5.69 Å². The van der Waals surface area contributed by atoms with Gasteiger partial charge in [-0.15, -0.1) is 0 Å². The lowest BCUT2D eigenvalue weighted by Crippen LogP contribution is -2.46. The molecule has 2 aromatic rings. The van der Waals surface area contributed by atoms with Crippen LogP contribution in [-0.2, 0) is 20.9 Å². The average molecular weight is 453 g/mol. The molecule has 1 saturated carbocycles. The van der Waals surface area contributed by atoms with Gasteiger partial charge in [-0.2, -0.15) is 0 Å². The van der Waals surface area contributed by atoms with Crippen molar-refractivity contribution in [2.75, 3.05) is 4.90 Å². The molecule has 6 heteroatoms. The van der Waals surface area contributed by atoms with Crippen molar-refractivity contribution in [3.8, 4) is 0 Å². The van der Waals surface area contributed by atoms with Gasteiger partial charge in [0.1, 0.15) is 6.04 Å². The first kappa shape index (κ1) is 22.5. The van der Waals surface area contributed by atoms with E-state index in [-0.39, 0.29) is 47.4 Å². The Bertz CT molecular complexity index is 1080. The summed E-state index contributed by atoms with van der Waals surface area (Å²) < 4.78 is 0. The van der Waals surface area contributed by atoms with Crippen molar-refractivity contribution < 1.29 is 14.4 Å². The fourth-order valence-corrected chi connectivity index (χ4v) is 5.15. The normalized spacial score (nSPS) is 21.7. The zero-order valence-corrected chi connectivity index (χ0v) is 19.9. The number of carbonyl (C=O) groups is 3. The second-order valence-electron chi connectivity index (χ2n) is 10.1. The fourth-order valence-electron chi connectivity index (χ4n) is 4.96. The Balaban J connectivity index is 1.69. The number of halogens is 1. The molecule has 1 saturated heterocycles. The third-order valence-electron chi connectivity index (χ3n) is 7.64. The summed E-state index contributed by atoms with van der Waals surface area (Å²) in [5, 5.41) is 0.534. The van der Waals surface area contributed by atoms with E-state index in [4.69, 9.17) is 11.6 Å². The lowest BCUT2D eigenvalue weighted by Gasteiger charge is -2.29. The molecular formula is C26H29ClN2O3. The summed E-state index contributed by atoms with van der Waals surface area (Å²) in [6.45, 7) is 10.4. The molecule has 4 rings (SSSR count). The predicted molar refractivity (Wildman–Crippen MR) is 125 cm³/mol. The van der Waals surface area contributed by atoms with Gasteiger partial charge in [0, 0.05) is 17.5 Å². The molecule has 0 aromatic heterocycles. The number of hydrogen-bond donors (Lipinski definition) is 0. The van der Waals surface area contributed by atoms with Crippen LogP contribution in [-0.4, -0.2) is 28.7 Å². The highest BCUT2D eigenvalue weighted by atomic mass is 35.5. The third-order valence-corrected chi connectivity index (χ3v) is 8.01. The molecule has 2 fully saturated rings. The highest BCUT2D eigenvalue weighted by Crippen LogP contribution is 2.69. The smallest absolute Gasteiger partial charge is 0.257 e. The van der Waals surface area contributed by atoms with Crippen LogP contribution in [0.3, 0.4) is 0 Å². The van der Waals surface area contributed by atoms with E-state index in [1.807, 2.05) is 37.3 Å². The van der Waals surface area contributed by atoms with E-state index in [1.165, 1.54) is 4.90 Å². The van der Waals surface area contributed by atoms with E-state index in [2.05, 4.69) is 27.7 Å². The van der Waals surface area contributed by atoms with Gasteiger partial charge in [-0.3, -0.25) is 14.4 Å². The van der Waals surface area contributed by atoms with Crippen molar-refractivity contribution in [1.29, 1.82) is 0 Å². The van der Waals surface area contributed by atoms with Gasteiger partial charge in [0.25, 0.3) is 5.91 Å². The zero-order valence-electron chi connectivity index (χ0n) is 19.2. The minimum absolute atomic E-state index is 0.0313. The number of nitrogens with zero attached hydrogens (tertiary/aromatic N) is 2. The molecule has 0 spiro atoms. The zero-order chi connectivity index (χ0) is 23.4. The molecule has 5 nitrogen and oxygen atoms in total. The molecule has 0 bridgehead atoms. The van der Waals surface area contributed by atoms with Gasteiger partial charge in [0.15, 0.2) is 0 Å². The Labute approximate surface area is 194 Å². The lowest BCUT2D eigenvalue weighted by molar-refractivity contribution is -0.141. The topological polar surface area (TPSA) is 57.7 Å². The first-order valence-electron chi connectivity index (χ1n) is 10.9. The third kappa shape index (κ3) is 3.53. The summed E-state index contributed by atoms with van der Waals surface area (Å²) in [5.74, 6) is -0.990. The lowest BCUT2D eigenvalue weighted by atomic mass is 10.0. The highest BCUT2D eigenvalue weighted by molar-refractivity contribution is 6.31. The van der Waals surface area contributed by atoms with Crippen molar-refractivity contribution in [3.05, 3.63) is 64.7 Å². The molecule has 168 valence electrons. The molecule has 1 heterocycles. The van der Waals surface area contributed by atoms with Gasteiger partial charge < -0.3 is 4.90 Å². The molecule has 1 atom stereocenters. The first-order valence-corrected chi connectivity index (χ1v) is 11.3. The van der Waals surface area contributed by atoms with Crippen LogP contribution >= 0.6 is 11.6 Å². The number of aryl methyl sites for hydroxylation is 1. The van der Waals surface area contributed by atoms with Crippen molar-refractivity contribution in [2.24, 2.45) is 16.7 Å². The molecule has 0 radical (unpaired) electrons. The van der Waals surface area contributed by atoms with Crippen molar-refractivity contribution in [2.45, 2.75) is 53.6 Å². The summed E-state index contributed by atoms with van der Waals surface area (Å²) in [6, 6.07) is 13.7. The Morgan fingerprint density at radius 1 is 1.03 bits per heavy atom. The monoisotopic (exact) mass is 452 g/mol. The number of imide groups is 1. The largest absolute Gasteiger partial charge is 0.325 e. The van der Waals surface area contributed by atoms with Crippen LogP contribution in [0.25, 0.3) is 0 Å². The molecule has 2 aliphatic rings. The Kier molecular flexibility index (Phi) is 5.44. The molecule has 3 amide bonds. The SMILES string of the molecule is Cc1ccc(N2C(=O)CC(N(Cc3ccccc3Cl)C(=O)C3C(C)(C)C3(C)C)C2=O)cc1. The fraction of sp³-hybridized carbons (Fsp3) is 0.423. The summed E-state index contributed by atoms with van der Waals surface area (Å²) in [5.41, 5.74) is 1.95. The van der Waals surface area contributed by atoms with Gasteiger partial charge in [-0.05, 0) is 41.5 Å². The maximum Gasteiger partial charge on any atom is 0.257 e. The highest BCUT2D eigenvalue weighted by Gasteiger charge is 2.69. The Hall–Kier alpha value is -2.66. The van der Waals surface area contributed by atoms with E-state index in [1.54, 1.807) is 23.1 Å². The van der Waals surface area contributed by atoms with E-state index in [0.717, 1.165) is 11.1 Å². The molecule has 1 unspecified atom stereocenters. The molecule has 2 aromatic carbocycles. The summed E-state index contributed by atoms with van der Waals surface area (Å²) in [6.07, 6.45) is -0.0313. The standard InChI is InChI=1S/C26H29ClN2O3/c1-16-10-12-18(13-11-16)29-21(30)14-20(23(29)31)28(15-17-8-6-7-9-19(17)27)24(32)22-25(2,3)26(22,4)5/h6-13,20,22H,14-15H2,1-5H3. The van der Waals surface area contributed by atoms with Crippen LogP contribution < -0.4 is 4.90 Å². The van der Waals surface area contributed by atoms with E-state index >= 15 is 0 Å². The van der Waals surface area contributed by atoms with E-state index in [9.17, 15) is 14.4 Å². The number of benzene rings is 2. The van der Waals surface area contributed by atoms with Crippen molar-refractivity contribution in [3.63, 3.8) is 0 Å². The number of rotatable bonds is 5. The van der Waals surface area contributed by atoms with Crippen molar-refractivity contribution >= 4 is 35.0 Å². The Morgan fingerprint density at radius 3 is 2.19 bits per heavy atom. The minimum Gasteiger partial charge on any atom is -0.325 e. The summed E-state index contributed by atoms with van der Waals surface area (Å²) in [7, 11) is 0. The van der Waals surface area contributed by atoms with Crippen LogP contribution in [0.1, 0.15) is 45.2 Å². The predicted octanol–water partition coefficient (Wildman–Crippen LogP) is 4.99. The van der Waals surface area contributed by atoms with E-state index in [0.29, 0.717) is 10.7 Å².